The Morgan fingerprint density at radius 3 is 2.87 bits per heavy atom. The molecule has 0 bridgehead atoms. The monoisotopic (exact) mass is 212 g/mol. The Morgan fingerprint density at radius 1 is 1.27 bits per heavy atom. The number of rotatable bonds is 6. The van der Waals surface area contributed by atoms with Gasteiger partial charge >= 0.3 is 0 Å². The van der Waals surface area contributed by atoms with Crippen LogP contribution in [0.1, 0.15) is 64.7 Å². The van der Waals surface area contributed by atoms with E-state index in [1.54, 1.807) is 0 Å². The van der Waals surface area contributed by atoms with Crippen LogP contribution < -0.4 is 0 Å². The van der Waals surface area contributed by atoms with Crippen molar-refractivity contribution in [3.05, 3.63) is 0 Å². The van der Waals surface area contributed by atoms with Gasteiger partial charge in [-0.1, -0.05) is 39.0 Å². The lowest BCUT2D eigenvalue weighted by atomic mass is 10.0. The molecule has 0 radical (unpaired) electrons. The highest BCUT2D eigenvalue weighted by atomic mass is 16.5. The van der Waals surface area contributed by atoms with Crippen LogP contribution in [0.5, 0.6) is 0 Å². The van der Waals surface area contributed by atoms with Crippen LogP contribution in [0.2, 0.25) is 0 Å². The molecule has 1 fully saturated rings. The molecule has 1 unspecified atom stereocenters. The first kappa shape index (κ1) is 12.7. The minimum atomic E-state index is 0.224. The predicted octanol–water partition coefficient (Wildman–Crippen LogP) is 3.49. The maximum absolute atomic E-state index is 11.3. The van der Waals surface area contributed by atoms with Crippen molar-refractivity contribution in [2.45, 2.75) is 70.8 Å². The average Bonchev–Trinajstić information content (AvgIpc) is 2.43. The predicted molar refractivity (Wildman–Crippen MR) is 62.0 cm³/mol. The van der Waals surface area contributed by atoms with Gasteiger partial charge in [0.1, 0.15) is 5.78 Å². The van der Waals surface area contributed by atoms with Crippen molar-refractivity contribution >= 4 is 5.78 Å². The zero-order chi connectivity index (χ0) is 10.9. The second-order valence-corrected chi connectivity index (χ2v) is 4.54. The van der Waals surface area contributed by atoms with Gasteiger partial charge in [0.25, 0.3) is 0 Å². The Labute approximate surface area is 93.4 Å². The quantitative estimate of drug-likeness (QED) is 0.630. The van der Waals surface area contributed by atoms with E-state index >= 15 is 0 Å². The first-order valence-corrected chi connectivity index (χ1v) is 6.46. The van der Waals surface area contributed by atoms with E-state index in [4.69, 9.17) is 4.74 Å². The van der Waals surface area contributed by atoms with Gasteiger partial charge in [-0.2, -0.15) is 0 Å². The molecule has 15 heavy (non-hydrogen) atoms. The summed E-state index contributed by atoms with van der Waals surface area (Å²) >= 11 is 0. The molecule has 0 aliphatic carbocycles. The minimum Gasteiger partial charge on any atom is -0.378 e. The smallest absolute Gasteiger partial charge is 0.135 e. The Kier molecular flexibility index (Phi) is 6.66. The second kappa shape index (κ2) is 7.86. The summed E-state index contributed by atoms with van der Waals surface area (Å²) in [4.78, 5) is 11.3. The van der Waals surface area contributed by atoms with E-state index in [9.17, 15) is 4.79 Å². The lowest BCUT2D eigenvalue weighted by molar-refractivity contribution is -0.120. The van der Waals surface area contributed by atoms with Gasteiger partial charge in [-0.05, 0) is 12.8 Å². The molecule has 1 rings (SSSR count). The van der Waals surface area contributed by atoms with Gasteiger partial charge in [0, 0.05) is 19.4 Å². The van der Waals surface area contributed by atoms with Gasteiger partial charge in [0.15, 0.2) is 0 Å². The van der Waals surface area contributed by atoms with E-state index in [0.29, 0.717) is 12.2 Å². The molecule has 0 saturated carbocycles. The molecule has 0 aromatic carbocycles. The average molecular weight is 212 g/mol. The highest BCUT2D eigenvalue weighted by molar-refractivity contribution is 5.79. The maximum atomic E-state index is 11.3. The molecule has 2 nitrogen and oxygen atoms in total. The first-order valence-electron chi connectivity index (χ1n) is 6.46. The van der Waals surface area contributed by atoms with Crippen LogP contribution in [0, 0.1) is 0 Å². The fourth-order valence-corrected chi connectivity index (χ4v) is 2.10. The third-order valence-electron chi connectivity index (χ3n) is 3.04. The van der Waals surface area contributed by atoms with Gasteiger partial charge in [0.2, 0.25) is 0 Å². The SMILES string of the molecule is CCCCCCCC1CC(=O)CCCO1. The molecule has 1 heterocycles. The van der Waals surface area contributed by atoms with E-state index in [2.05, 4.69) is 6.92 Å². The third-order valence-corrected chi connectivity index (χ3v) is 3.04. The molecule has 1 aliphatic heterocycles. The highest BCUT2D eigenvalue weighted by Crippen LogP contribution is 2.16. The van der Waals surface area contributed by atoms with Crippen molar-refractivity contribution in [1.29, 1.82) is 0 Å². The molecule has 0 amide bonds. The highest BCUT2D eigenvalue weighted by Gasteiger charge is 2.17. The van der Waals surface area contributed by atoms with Crippen molar-refractivity contribution in [3.8, 4) is 0 Å². The third kappa shape index (κ3) is 5.93. The summed E-state index contributed by atoms with van der Waals surface area (Å²) < 4.78 is 5.66. The summed E-state index contributed by atoms with van der Waals surface area (Å²) in [6.07, 6.45) is 10.1. The lowest BCUT2D eigenvalue weighted by Gasteiger charge is -2.13. The first-order chi connectivity index (χ1) is 7.33. The van der Waals surface area contributed by atoms with E-state index in [-0.39, 0.29) is 6.10 Å². The van der Waals surface area contributed by atoms with Gasteiger partial charge in [-0.25, -0.2) is 0 Å². The van der Waals surface area contributed by atoms with E-state index in [1.165, 1.54) is 32.1 Å². The normalized spacial score (nSPS) is 22.7. The van der Waals surface area contributed by atoms with Gasteiger partial charge in [0.05, 0.1) is 6.10 Å². The Morgan fingerprint density at radius 2 is 2.07 bits per heavy atom. The summed E-state index contributed by atoms with van der Waals surface area (Å²) in [7, 11) is 0. The Balaban J connectivity index is 2.06. The van der Waals surface area contributed by atoms with Crippen molar-refractivity contribution in [2.24, 2.45) is 0 Å². The van der Waals surface area contributed by atoms with E-state index in [1.807, 2.05) is 0 Å². The second-order valence-electron chi connectivity index (χ2n) is 4.54. The van der Waals surface area contributed by atoms with Crippen LogP contribution in [0.15, 0.2) is 0 Å². The van der Waals surface area contributed by atoms with Gasteiger partial charge in [-0.3, -0.25) is 4.79 Å². The largest absolute Gasteiger partial charge is 0.378 e. The fourth-order valence-electron chi connectivity index (χ4n) is 2.10. The van der Waals surface area contributed by atoms with Crippen molar-refractivity contribution in [2.75, 3.05) is 6.61 Å². The van der Waals surface area contributed by atoms with Gasteiger partial charge < -0.3 is 4.74 Å². The Hall–Kier alpha value is -0.370. The molecule has 0 aromatic rings. The van der Waals surface area contributed by atoms with Crippen LogP contribution in [0.25, 0.3) is 0 Å². The maximum Gasteiger partial charge on any atom is 0.135 e. The molecule has 0 N–H and O–H groups in total. The topological polar surface area (TPSA) is 26.3 Å². The molecule has 88 valence electrons. The molecular weight excluding hydrogens is 188 g/mol. The van der Waals surface area contributed by atoms with Crippen LogP contribution in [-0.4, -0.2) is 18.5 Å². The number of hydrogen-bond donors (Lipinski definition) is 0. The number of Topliss-reactive ketones (excluding diaryl/α,β-unsaturated/α-hetero) is 1. The van der Waals surface area contributed by atoms with E-state index in [0.717, 1.165) is 25.9 Å². The summed E-state index contributed by atoms with van der Waals surface area (Å²) in [6, 6.07) is 0. The summed E-state index contributed by atoms with van der Waals surface area (Å²) in [5, 5.41) is 0. The molecule has 1 atom stereocenters. The number of unbranched alkanes of at least 4 members (excludes halogenated alkanes) is 4. The van der Waals surface area contributed by atoms with Crippen molar-refractivity contribution in [1.82, 2.24) is 0 Å². The standard InChI is InChI=1S/C13H24O2/c1-2-3-4-5-6-9-13-11-12(14)8-7-10-15-13/h13H,2-11H2,1H3. The number of ether oxygens (including phenoxy) is 1. The van der Waals surface area contributed by atoms with Gasteiger partial charge in [-0.15, -0.1) is 0 Å². The van der Waals surface area contributed by atoms with E-state index < -0.39 is 0 Å². The summed E-state index contributed by atoms with van der Waals surface area (Å²) in [5.41, 5.74) is 0. The van der Waals surface area contributed by atoms with Crippen LogP contribution in [-0.2, 0) is 9.53 Å². The summed E-state index contributed by atoms with van der Waals surface area (Å²) in [6.45, 7) is 3.01. The van der Waals surface area contributed by atoms with Crippen LogP contribution in [0.4, 0.5) is 0 Å². The number of carbonyl (C=O) groups is 1. The lowest BCUT2D eigenvalue weighted by Crippen LogP contribution is -2.14. The number of ketones is 1. The molecular formula is C13H24O2. The van der Waals surface area contributed by atoms with Crippen LogP contribution in [0.3, 0.4) is 0 Å². The molecule has 0 aromatic heterocycles. The minimum absolute atomic E-state index is 0.224. The van der Waals surface area contributed by atoms with Crippen LogP contribution >= 0.6 is 0 Å². The Bertz CT molecular complexity index is 177. The fraction of sp³-hybridized carbons (Fsp3) is 0.923. The summed E-state index contributed by atoms with van der Waals surface area (Å²) in [5.74, 6) is 0.394. The van der Waals surface area contributed by atoms with Crippen molar-refractivity contribution < 1.29 is 9.53 Å². The van der Waals surface area contributed by atoms with Crippen molar-refractivity contribution in [3.63, 3.8) is 0 Å². The molecule has 0 spiro atoms. The molecule has 1 aliphatic rings. The number of hydrogen-bond acceptors (Lipinski definition) is 2. The number of carbonyl (C=O) groups excluding carboxylic acids is 1. The zero-order valence-electron chi connectivity index (χ0n) is 9.96. The molecule has 1 saturated heterocycles. The zero-order valence-corrected chi connectivity index (χ0v) is 9.96. The molecule has 2 heteroatoms.